The normalized spacial score (nSPS) is 12.1. The second kappa shape index (κ2) is 11.6. The average Bonchev–Trinajstić information content (AvgIpc) is 3.81. The van der Waals surface area contributed by atoms with E-state index in [0.717, 1.165) is 0 Å². The van der Waals surface area contributed by atoms with Crippen LogP contribution in [0.25, 0.3) is 117 Å². The number of fused-ring (bicyclic) bond motifs is 12. The Morgan fingerprint density at radius 1 is 0.259 bits per heavy atom. The highest BCUT2D eigenvalue weighted by Crippen LogP contribution is 2.46. The fourth-order valence-electron chi connectivity index (χ4n) is 8.97. The van der Waals surface area contributed by atoms with Crippen molar-refractivity contribution in [2.24, 2.45) is 0 Å². The fraction of sp³-hybridized carbons (Fsp3) is 0. The predicted molar refractivity (Wildman–Crippen MR) is 239 cm³/mol. The Labute approximate surface area is 319 Å². The predicted octanol–water partition coefficient (Wildman–Crippen LogP) is 16.0. The van der Waals surface area contributed by atoms with E-state index in [1.807, 2.05) is 22.7 Å². The van der Waals surface area contributed by atoms with E-state index in [0.29, 0.717) is 0 Å². The van der Waals surface area contributed by atoms with Crippen LogP contribution >= 0.6 is 22.7 Å². The smallest absolute Gasteiger partial charge is 0.0434 e. The summed E-state index contributed by atoms with van der Waals surface area (Å²) in [5.74, 6) is 0. The zero-order valence-corrected chi connectivity index (χ0v) is 30.8. The Bertz CT molecular complexity index is 3430. The van der Waals surface area contributed by atoms with Gasteiger partial charge < -0.3 is 0 Å². The SMILES string of the molecule is c1ccc2cc(-c3c4ccccc4c(-c4ccc(-c5ccc6c(c5)sc5ccc7c(ccc8c9ccccc9sc87)c56)cc4)c4ccccc34)ccc2c1. The summed E-state index contributed by atoms with van der Waals surface area (Å²) in [4.78, 5) is 0. The standard InChI is InChI=1S/C52H30S2/c1-2-10-34-29-36(22-19-31(34)9-1)50-40-14-5-3-12-38(40)49(39-13-4-6-15-41(39)50)33-20-17-32(18-21-33)35-23-24-45-48(30-35)53-47-28-27-44-42(51(45)47)25-26-43-37-11-7-8-16-46(37)54-52(43)44/h1-30H. The lowest BCUT2D eigenvalue weighted by Crippen LogP contribution is -1.91. The maximum Gasteiger partial charge on any atom is 0.0434 e. The van der Waals surface area contributed by atoms with Crippen molar-refractivity contribution in [2.45, 2.75) is 0 Å². The lowest BCUT2D eigenvalue weighted by Gasteiger charge is -2.18. The van der Waals surface area contributed by atoms with E-state index < -0.39 is 0 Å². The third-order valence-electron chi connectivity index (χ3n) is 11.4. The van der Waals surface area contributed by atoms with Gasteiger partial charge in [0.05, 0.1) is 0 Å². The number of hydrogen-bond donors (Lipinski definition) is 0. The first-order chi connectivity index (χ1) is 26.8. The first-order valence-corrected chi connectivity index (χ1v) is 20.1. The molecule has 0 unspecified atom stereocenters. The molecule has 54 heavy (non-hydrogen) atoms. The van der Waals surface area contributed by atoms with Crippen LogP contribution in [0, 0.1) is 0 Å². The summed E-state index contributed by atoms with van der Waals surface area (Å²) in [5.41, 5.74) is 7.55. The minimum absolute atomic E-state index is 1.23. The minimum Gasteiger partial charge on any atom is -0.135 e. The lowest BCUT2D eigenvalue weighted by molar-refractivity contribution is 1.63. The van der Waals surface area contributed by atoms with E-state index in [1.54, 1.807) is 0 Å². The number of benzene rings is 10. The topological polar surface area (TPSA) is 0 Å². The van der Waals surface area contributed by atoms with Gasteiger partial charge in [0.15, 0.2) is 0 Å². The first kappa shape index (κ1) is 30.2. The van der Waals surface area contributed by atoms with Crippen LogP contribution in [0.5, 0.6) is 0 Å². The van der Waals surface area contributed by atoms with Crippen LogP contribution in [0.3, 0.4) is 0 Å². The van der Waals surface area contributed by atoms with Crippen molar-refractivity contribution in [1.82, 2.24) is 0 Å². The monoisotopic (exact) mass is 718 g/mol. The quantitative estimate of drug-likeness (QED) is 0.160. The summed E-state index contributed by atoms with van der Waals surface area (Å²) in [5, 5.41) is 15.8. The highest BCUT2D eigenvalue weighted by atomic mass is 32.1. The zero-order valence-electron chi connectivity index (χ0n) is 29.1. The van der Waals surface area contributed by atoms with Crippen LogP contribution in [-0.4, -0.2) is 0 Å². The maximum absolute atomic E-state index is 2.39. The summed E-state index contributed by atoms with van der Waals surface area (Å²) in [6, 6.07) is 67.8. The molecule has 0 aliphatic heterocycles. The molecule has 0 fully saturated rings. The van der Waals surface area contributed by atoms with Crippen LogP contribution in [-0.2, 0) is 0 Å². The number of rotatable bonds is 3. The molecule has 0 amide bonds. The molecular formula is C52H30S2. The van der Waals surface area contributed by atoms with Gasteiger partial charge >= 0.3 is 0 Å². The Balaban J connectivity index is 0.978. The van der Waals surface area contributed by atoms with Gasteiger partial charge in [0.25, 0.3) is 0 Å². The van der Waals surface area contributed by atoms with E-state index in [4.69, 9.17) is 0 Å². The van der Waals surface area contributed by atoms with Crippen LogP contribution in [0.4, 0.5) is 0 Å². The molecule has 12 aromatic rings. The fourth-order valence-corrected chi connectivity index (χ4v) is 11.4. The van der Waals surface area contributed by atoms with Gasteiger partial charge in [-0.2, -0.15) is 0 Å². The summed E-state index contributed by atoms with van der Waals surface area (Å²) < 4.78 is 5.41. The average molecular weight is 719 g/mol. The van der Waals surface area contributed by atoms with Crippen LogP contribution < -0.4 is 0 Å². The van der Waals surface area contributed by atoms with E-state index in [1.165, 1.54) is 117 Å². The highest BCUT2D eigenvalue weighted by molar-refractivity contribution is 7.27. The molecule has 0 nitrogen and oxygen atoms in total. The molecule has 2 heterocycles. The van der Waals surface area contributed by atoms with Gasteiger partial charge in [-0.15, -0.1) is 22.7 Å². The van der Waals surface area contributed by atoms with Gasteiger partial charge in [0.1, 0.15) is 0 Å². The molecule has 0 saturated carbocycles. The second-order valence-electron chi connectivity index (χ2n) is 14.4. The second-order valence-corrected chi connectivity index (χ2v) is 16.5. The van der Waals surface area contributed by atoms with E-state index in [-0.39, 0.29) is 0 Å². The molecule has 12 rings (SSSR count). The third kappa shape index (κ3) is 4.42. The molecule has 2 heteroatoms. The molecule has 0 aliphatic rings. The molecule has 0 aliphatic carbocycles. The molecule has 0 atom stereocenters. The molecule has 0 radical (unpaired) electrons. The van der Waals surface area contributed by atoms with Crippen molar-refractivity contribution < 1.29 is 0 Å². The van der Waals surface area contributed by atoms with Crippen LogP contribution in [0.1, 0.15) is 0 Å². The zero-order chi connectivity index (χ0) is 35.3. The van der Waals surface area contributed by atoms with Crippen molar-refractivity contribution in [1.29, 1.82) is 0 Å². The molecule has 0 N–H and O–H groups in total. The Morgan fingerprint density at radius 3 is 1.56 bits per heavy atom. The summed E-state index contributed by atoms with van der Waals surface area (Å²) in [6.07, 6.45) is 0. The number of thiophene rings is 2. The molecule has 0 spiro atoms. The van der Waals surface area contributed by atoms with Crippen molar-refractivity contribution in [3.05, 3.63) is 182 Å². The largest absolute Gasteiger partial charge is 0.135 e. The third-order valence-corrected chi connectivity index (χ3v) is 13.8. The molecule has 2 aromatic heterocycles. The first-order valence-electron chi connectivity index (χ1n) is 18.5. The van der Waals surface area contributed by atoms with Crippen molar-refractivity contribution in [3.63, 3.8) is 0 Å². The van der Waals surface area contributed by atoms with Gasteiger partial charge in [-0.25, -0.2) is 0 Å². The Morgan fingerprint density at radius 2 is 0.796 bits per heavy atom. The summed E-state index contributed by atoms with van der Waals surface area (Å²) >= 11 is 3.81. The molecule has 0 bridgehead atoms. The van der Waals surface area contributed by atoms with Gasteiger partial charge in [-0.05, 0) is 95.3 Å². The Hall–Kier alpha value is -6.32. The maximum atomic E-state index is 2.39. The lowest BCUT2D eigenvalue weighted by atomic mass is 9.85. The molecular weight excluding hydrogens is 689 g/mol. The minimum atomic E-state index is 1.23. The van der Waals surface area contributed by atoms with Crippen LogP contribution in [0.2, 0.25) is 0 Å². The van der Waals surface area contributed by atoms with E-state index in [2.05, 4.69) is 182 Å². The summed E-state index contributed by atoms with van der Waals surface area (Å²) in [6.45, 7) is 0. The Kier molecular flexibility index (Phi) is 6.48. The molecule has 250 valence electrons. The van der Waals surface area contributed by atoms with Gasteiger partial charge in [0, 0.05) is 45.7 Å². The van der Waals surface area contributed by atoms with E-state index >= 15 is 0 Å². The van der Waals surface area contributed by atoms with Crippen molar-refractivity contribution in [3.8, 4) is 33.4 Å². The highest BCUT2D eigenvalue weighted by Gasteiger charge is 2.18. The van der Waals surface area contributed by atoms with E-state index in [9.17, 15) is 0 Å². The van der Waals surface area contributed by atoms with Gasteiger partial charge in [0.2, 0.25) is 0 Å². The van der Waals surface area contributed by atoms with Gasteiger partial charge in [-0.1, -0.05) is 158 Å². The van der Waals surface area contributed by atoms with Crippen molar-refractivity contribution in [2.75, 3.05) is 0 Å². The molecule has 10 aromatic carbocycles. The van der Waals surface area contributed by atoms with Crippen LogP contribution in [0.15, 0.2) is 182 Å². The number of hydrogen-bond acceptors (Lipinski definition) is 2. The summed E-state index contributed by atoms with van der Waals surface area (Å²) in [7, 11) is 0. The van der Waals surface area contributed by atoms with Crippen molar-refractivity contribution >= 4 is 106 Å². The molecule has 0 saturated heterocycles. The van der Waals surface area contributed by atoms with Gasteiger partial charge in [-0.3, -0.25) is 0 Å².